The summed E-state index contributed by atoms with van der Waals surface area (Å²) in [5.41, 5.74) is -1.03. The predicted molar refractivity (Wildman–Crippen MR) is 88.9 cm³/mol. The zero-order valence-electron chi connectivity index (χ0n) is 14.5. The fourth-order valence-electron chi connectivity index (χ4n) is 3.39. The number of carbonyl (C=O) groups is 4. The average molecular weight is 359 g/mol. The Morgan fingerprint density at radius 2 is 1.81 bits per heavy atom. The van der Waals surface area contributed by atoms with Crippen LogP contribution in [0.4, 0.5) is 4.79 Å². The highest BCUT2D eigenvalue weighted by Crippen LogP contribution is 2.41. The standard InChI is InChI=1S/C18H17NO7/c1-4-26-17(23)19-9-10-8-18(15(21)24-2,16(22)25-3)14(20)11-6-5-7-12(19)13(10)11/h5-7,9H,4,8H2,1-3H3. The number of ether oxygens (including phenoxy) is 3. The van der Waals surface area contributed by atoms with Gasteiger partial charge in [0.1, 0.15) is 0 Å². The summed E-state index contributed by atoms with van der Waals surface area (Å²) in [4.78, 5) is 50.2. The first-order valence-electron chi connectivity index (χ1n) is 7.94. The first kappa shape index (κ1) is 17.7. The third-order valence-corrected chi connectivity index (χ3v) is 4.53. The second-order valence-corrected chi connectivity index (χ2v) is 5.82. The Bertz CT molecular complexity index is 924. The third-order valence-electron chi connectivity index (χ3n) is 4.53. The molecule has 0 bridgehead atoms. The number of ketones is 1. The zero-order valence-corrected chi connectivity index (χ0v) is 14.5. The highest BCUT2D eigenvalue weighted by atomic mass is 16.6. The van der Waals surface area contributed by atoms with E-state index in [4.69, 9.17) is 14.2 Å². The van der Waals surface area contributed by atoms with E-state index in [1.165, 1.54) is 16.8 Å². The second-order valence-electron chi connectivity index (χ2n) is 5.82. The lowest BCUT2D eigenvalue weighted by atomic mass is 9.70. The van der Waals surface area contributed by atoms with Gasteiger partial charge >= 0.3 is 18.0 Å². The van der Waals surface area contributed by atoms with Crippen LogP contribution in [0.25, 0.3) is 10.9 Å². The molecule has 2 aromatic rings. The maximum Gasteiger partial charge on any atom is 0.418 e. The number of carbonyl (C=O) groups excluding carboxylic acids is 4. The molecule has 8 heteroatoms. The molecule has 1 aliphatic rings. The maximum absolute atomic E-state index is 13.1. The highest BCUT2D eigenvalue weighted by molar-refractivity contribution is 6.30. The molecule has 0 saturated carbocycles. The van der Waals surface area contributed by atoms with E-state index in [9.17, 15) is 19.2 Å². The van der Waals surface area contributed by atoms with Gasteiger partial charge in [-0.3, -0.25) is 19.0 Å². The zero-order chi connectivity index (χ0) is 19.1. The molecule has 1 aromatic heterocycles. The summed E-state index contributed by atoms with van der Waals surface area (Å²) in [7, 11) is 2.19. The summed E-state index contributed by atoms with van der Waals surface area (Å²) in [6.45, 7) is 1.86. The second kappa shape index (κ2) is 6.29. The van der Waals surface area contributed by atoms with E-state index in [2.05, 4.69) is 0 Å². The lowest BCUT2D eigenvalue weighted by molar-refractivity contribution is -0.164. The number of Topliss-reactive ketones (excluding diaryl/α,β-unsaturated/α-hetero) is 1. The van der Waals surface area contributed by atoms with Crippen molar-refractivity contribution in [2.24, 2.45) is 5.41 Å². The van der Waals surface area contributed by atoms with Crippen LogP contribution in [0.1, 0.15) is 22.8 Å². The number of methoxy groups -OCH3 is 2. The Hall–Kier alpha value is -3.16. The van der Waals surface area contributed by atoms with Gasteiger partial charge in [-0.1, -0.05) is 12.1 Å². The Balaban J connectivity index is 2.28. The molecule has 1 aromatic carbocycles. The van der Waals surface area contributed by atoms with Crippen LogP contribution in [-0.4, -0.2) is 49.2 Å². The maximum atomic E-state index is 13.1. The number of esters is 2. The molecule has 0 fully saturated rings. The molecule has 0 atom stereocenters. The lowest BCUT2D eigenvalue weighted by Crippen LogP contribution is -2.51. The van der Waals surface area contributed by atoms with E-state index in [0.717, 1.165) is 14.2 Å². The molecule has 1 heterocycles. The van der Waals surface area contributed by atoms with Crippen LogP contribution in [0, 0.1) is 5.41 Å². The first-order valence-corrected chi connectivity index (χ1v) is 7.94. The minimum atomic E-state index is -2.13. The van der Waals surface area contributed by atoms with Crippen molar-refractivity contribution in [1.29, 1.82) is 0 Å². The van der Waals surface area contributed by atoms with Gasteiger partial charge in [0.15, 0.2) is 5.78 Å². The lowest BCUT2D eigenvalue weighted by Gasteiger charge is -2.30. The van der Waals surface area contributed by atoms with Crippen molar-refractivity contribution in [3.05, 3.63) is 35.5 Å². The van der Waals surface area contributed by atoms with Crippen LogP contribution >= 0.6 is 0 Å². The Labute approximate surface area is 148 Å². The van der Waals surface area contributed by atoms with E-state index < -0.39 is 29.2 Å². The largest absolute Gasteiger partial charge is 0.468 e. The molecular formula is C18H17NO7. The molecule has 0 N–H and O–H groups in total. The van der Waals surface area contributed by atoms with Gasteiger partial charge in [-0.25, -0.2) is 4.79 Å². The van der Waals surface area contributed by atoms with Gasteiger partial charge in [0.25, 0.3) is 0 Å². The molecule has 0 unspecified atom stereocenters. The summed E-state index contributed by atoms with van der Waals surface area (Å²) in [6, 6.07) is 4.74. The number of rotatable bonds is 3. The molecular weight excluding hydrogens is 342 g/mol. The number of hydrogen-bond donors (Lipinski definition) is 0. The van der Waals surface area contributed by atoms with Gasteiger partial charge in [0.05, 0.1) is 26.3 Å². The normalized spacial score (nSPS) is 14.8. The molecule has 0 saturated heterocycles. The molecule has 0 spiro atoms. The quantitative estimate of drug-likeness (QED) is 0.467. The van der Waals surface area contributed by atoms with E-state index in [0.29, 0.717) is 16.5 Å². The van der Waals surface area contributed by atoms with E-state index in [1.54, 1.807) is 19.1 Å². The van der Waals surface area contributed by atoms with Crippen LogP contribution in [0.15, 0.2) is 24.4 Å². The van der Waals surface area contributed by atoms with Crippen molar-refractivity contribution in [1.82, 2.24) is 4.57 Å². The van der Waals surface area contributed by atoms with Crippen LogP contribution in [0.5, 0.6) is 0 Å². The van der Waals surface area contributed by atoms with E-state index in [1.807, 2.05) is 0 Å². The SMILES string of the molecule is CCOC(=O)n1cc2c3c(cccc31)C(=O)C(C(=O)OC)(C(=O)OC)C2. The molecule has 8 nitrogen and oxygen atoms in total. The summed E-state index contributed by atoms with van der Waals surface area (Å²) in [5, 5.41) is 0.508. The predicted octanol–water partition coefficient (Wildman–Crippen LogP) is 1.72. The summed E-state index contributed by atoms with van der Waals surface area (Å²) in [6.07, 6.45) is 0.599. The van der Waals surface area contributed by atoms with Crippen molar-refractivity contribution in [2.75, 3.05) is 20.8 Å². The van der Waals surface area contributed by atoms with Crippen molar-refractivity contribution >= 4 is 34.7 Å². The van der Waals surface area contributed by atoms with Gasteiger partial charge in [0, 0.05) is 23.6 Å². The highest BCUT2D eigenvalue weighted by Gasteiger charge is 2.58. The molecule has 3 rings (SSSR count). The Morgan fingerprint density at radius 1 is 1.15 bits per heavy atom. The number of hydrogen-bond acceptors (Lipinski definition) is 7. The van der Waals surface area contributed by atoms with E-state index in [-0.39, 0.29) is 18.6 Å². The summed E-state index contributed by atoms with van der Waals surface area (Å²) >= 11 is 0. The minimum absolute atomic E-state index is 0.155. The molecule has 0 amide bonds. The van der Waals surface area contributed by atoms with Crippen molar-refractivity contribution in [2.45, 2.75) is 13.3 Å². The molecule has 1 aliphatic carbocycles. The third kappa shape index (κ3) is 2.22. The number of aromatic nitrogens is 1. The molecule has 136 valence electrons. The topological polar surface area (TPSA) is 101 Å². The van der Waals surface area contributed by atoms with Crippen molar-refractivity contribution in [3.63, 3.8) is 0 Å². The summed E-state index contributed by atoms with van der Waals surface area (Å²) < 4.78 is 15.7. The van der Waals surface area contributed by atoms with Gasteiger partial charge < -0.3 is 14.2 Å². The van der Waals surface area contributed by atoms with Crippen LogP contribution in [-0.2, 0) is 30.2 Å². The van der Waals surface area contributed by atoms with Gasteiger partial charge in [-0.2, -0.15) is 0 Å². The smallest absolute Gasteiger partial charge is 0.418 e. The fourth-order valence-corrected chi connectivity index (χ4v) is 3.39. The monoisotopic (exact) mass is 359 g/mol. The Morgan fingerprint density at radius 3 is 2.38 bits per heavy atom. The fraction of sp³-hybridized carbons (Fsp3) is 0.333. The molecule has 0 radical (unpaired) electrons. The van der Waals surface area contributed by atoms with Crippen LogP contribution in [0.2, 0.25) is 0 Å². The van der Waals surface area contributed by atoms with Gasteiger partial charge in [0.2, 0.25) is 5.41 Å². The van der Waals surface area contributed by atoms with Crippen LogP contribution < -0.4 is 0 Å². The van der Waals surface area contributed by atoms with Crippen molar-refractivity contribution < 1.29 is 33.4 Å². The molecule has 26 heavy (non-hydrogen) atoms. The molecule has 0 aliphatic heterocycles. The number of nitrogens with zero attached hydrogens (tertiary/aromatic N) is 1. The van der Waals surface area contributed by atoms with Gasteiger partial charge in [-0.15, -0.1) is 0 Å². The minimum Gasteiger partial charge on any atom is -0.468 e. The Kier molecular flexibility index (Phi) is 4.27. The van der Waals surface area contributed by atoms with Crippen LogP contribution in [0.3, 0.4) is 0 Å². The average Bonchev–Trinajstić information content (AvgIpc) is 3.03. The van der Waals surface area contributed by atoms with Crippen molar-refractivity contribution in [3.8, 4) is 0 Å². The number of benzene rings is 1. The first-order chi connectivity index (χ1) is 12.4. The van der Waals surface area contributed by atoms with Gasteiger partial charge in [-0.05, 0) is 18.6 Å². The van der Waals surface area contributed by atoms with E-state index >= 15 is 0 Å². The summed E-state index contributed by atoms with van der Waals surface area (Å²) in [5.74, 6) is -2.71.